The molecule has 0 spiro atoms. The van der Waals surface area contributed by atoms with E-state index in [4.69, 9.17) is 9.93 Å². The molecule has 1 saturated carbocycles. The van der Waals surface area contributed by atoms with Crippen LogP contribution in [-0.2, 0) is 9.84 Å². The normalized spacial score (nSPS) is 14.9. The number of hydrogen-bond acceptors (Lipinski definition) is 6. The number of anilines is 1. The summed E-state index contributed by atoms with van der Waals surface area (Å²) < 4.78 is 44.8. The first-order valence-corrected chi connectivity index (χ1v) is 12.6. The Hall–Kier alpha value is -2.48. The Morgan fingerprint density at radius 2 is 2.00 bits per heavy atom. The van der Waals surface area contributed by atoms with Crippen LogP contribution >= 0.6 is 0 Å². The number of nitrogens with one attached hydrogen (secondary N) is 2. The van der Waals surface area contributed by atoms with Crippen LogP contribution in [0.1, 0.15) is 76.3 Å². The van der Waals surface area contributed by atoms with E-state index >= 15 is 0 Å². The number of nitrogens with zero attached hydrogens (tertiary/aromatic N) is 1. The topological polar surface area (TPSA) is 96.0 Å². The van der Waals surface area contributed by atoms with E-state index in [1.165, 1.54) is 11.6 Å². The lowest BCUT2D eigenvalue weighted by atomic mass is 10.0. The minimum atomic E-state index is -3.67. The second-order valence-electron chi connectivity index (χ2n) is 9.08. The molecule has 0 amide bonds. The molecule has 0 aliphatic heterocycles. The van der Waals surface area contributed by atoms with Gasteiger partial charge in [-0.1, -0.05) is 25.4 Å². The molecule has 0 saturated heterocycles. The van der Waals surface area contributed by atoms with E-state index in [1.54, 1.807) is 32.9 Å². The summed E-state index contributed by atoms with van der Waals surface area (Å²) in [4.78, 5) is 0. The molecule has 0 radical (unpaired) electrons. The fourth-order valence-corrected chi connectivity index (χ4v) is 5.37. The summed E-state index contributed by atoms with van der Waals surface area (Å²) in [6, 6.07) is 6.50. The molecule has 0 unspecified atom stereocenters. The fourth-order valence-electron chi connectivity index (χ4n) is 3.64. The first-order valence-electron chi connectivity index (χ1n) is 11.0. The number of allylic oxidation sites excluding steroid dienone is 1. The van der Waals surface area contributed by atoms with Gasteiger partial charge < -0.3 is 15.2 Å². The summed E-state index contributed by atoms with van der Waals surface area (Å²) in [5.41, 5.74) is 3.95. The highest BCUT2D eigenvalue weighted by Crippen LogP contribution is 2.37. The lowest BCUT2D eigenvalue weighted by Crippen LogP contribution is -2.42. The highest BCUT2D eigenvalue weighted by atomic mass is 32.2. The van der Waals surface area contributed by atoms with Crippen molar-refractivity contribution in [1.29, 1.82) is 5.41 Å². The molecule has 1 atom stereocenters. The minimum Gasteiger partial charge on any atom is -0.361 e. The van der Waals surface area contributed by atoms with Gasteiger partial charge in [-0.15, -0.1) is 0 Å². The molecule has 1 aliphatic rings. The number of aryl methyl sites for hydroxylation is 1. The van der Waals surface area contributed by atoms with Gasteiger partial charge in [-0.3, -0.25) is 0 Å². The molecule has 2 N–H and O–H groups in total. The zero-order valence-corrected chi connectivity index (χ0v) is 20.2. The SMILES string of the molecule is CCCC(=N)C(C)(C)S(=O)(=O)C[C@H](C)c1cc(NC(=C2CC2)c2cc(C)on2)ccc1F. The quantitative estimate of drug-likeness (QED) is 0.432. The standard InChI is InChI=1S/C24H32FN3O3S/c1-6-7-22(26)24(4,5)32(29,30)14-15(2)19-13-18(10-11-20(19)25)27-23(17-8-9-17)21-12-16(3)31-28-21/h10-13,15,26-27H,6-9,14H2,1-5H3/t15-/m0/s1. The van der Waals surface area contributed by atoms with Crippen LogP contribution in [-0.4, -0.2) is 29.8 Å². The van der Waals surface area contributed by atoms with Gasteiger partial charge in [-0.25, -0.2) is 12.8 Å². The van der Waals surface area contributed by atoms with E-state index in [0.29, 0.717) is 35.5 Å². The van der Waals surface area contributed by atoms with Crippen molar-refractivity contribution in [3.63, 3.8) is 0 Å². The van der Waals surface area contributed by atoms with Crippen molar-refractivity contribution < 1.29 is 17.3 Å². The Labute approximate surface area is 189 Å². The first-order chi connectivity index (χ1) is 15.0. The molecular formula is C24H32FN3O3S. The largest absolute Gasteiger partial charge is 0.361 e. The van der Waals surface area contributed by atoms with Gasteiger partial charge in [-0.2, -0.15) is 0 Å². The molecular weight excluding hydrogens is 429 g/mol. The average molecular weight is 462 g/mol. The van der Waals surface area contributed by atoms with Crippen molar-refractivity contribution in [2.75, 3.05) is 11.1 Å². The molecule has 174 valence electrons. The lowest BCUT2D eigenvalue weighted by molar-refractivity contribution is 0.395. The molecule has 32 heavy (non-hydrogen) atoms. The zero-order valence-electron chi connectivity index (χ0n) is 19.4. The first kappa shape index (κ1) is 24.2. The summed E-state index contributed by atoms with van der Waals surface area (Å²) in [5.74, 6) is -0.544. The summed E-state index contributed by atoms with van der Waals surface area (Å²) in [7, 11) is -3.67. The second kappa shape index (κ2) is 9.17. The molecule has 1 aliphatic carbocycles. The highest BCUT2D eigenvalue weighted by molar-refractivity contribution is 7.93. The summed E-state index contributed by atoms with van der Waals surface area (Å²) in [6.45, 7) is 8.58. The maximum atomic E-state index is 14.7. The maximum Gasteiger partial charge on any atom is 0.161 e. The third-order valence-corrected chi connectivity index (χ3v) is 8.75. The van der Waals surface area contributed by atoms with Gasteiger partial charge in [-0.05, 0) is 75.3 Å². The van der Waals surface area contributed by atoms with Crippen molar-refractivity contribution in [3.05, 3.63) is 52.7 Å². The number of halogens is 1. The van der Waals surface area contributed by atoms with Gasteiger partial charge in [0, 0.05) is 17.5 Å². The van der Waals surface area contributed by atoms with Crippen molar-refractivity contribution >= 4 is 26.9 Å². The fraction of sp³-hybridized carbons (Fsp3) is 0.500. The number of sulfone groups is 1. The summed E-state index contributed by atoms with van der Waals surface area (Å²) in [5, 5.41) is 15.6. The molecule has 1 fully saturated rings. The van der Waals surface area contributed by atoms with E-state index in [-0.39, 0.29) is 11.5 Å². The van der Waals surface area contributed by atoms with E-state index in [0.717, 1.165) is 18.5 Å². The molecule has 6 nitrogen and oxygen atoms in total. The smallest absolute Gasteiger partial charge is 0.161 e. The van der Waals surface area contributed by atoms with Gasteiger partial charge in [0.1, 0.15) is 22.0 Å². The van der Waals surface area contributed by atoms with Crippen LogP contribution in [0.15, 0.2) is 34.4 Å². The Kier molecular flexibility index (Phi) is 6.93. The number of aromatic nitrogens is 1. The molecule has 1 heterocycles. The number of hydrogen-bond donors (Lipinski definition) is 2. The lowest BCUT2D eigenvalue weighted by Gasteiger charge is -2.27. The van der Waals surface area contributed by atoms with Gasteiger partial charge >= 0.3 is 0 Å². The molecule has 8 heteroatoms. The summed E-state index contributed by atoms with van der Waals surface area (Å²) in [6.07, 6.45) is 3.07. The minimum absolute atomic E-state index is 0.187. The Morgan fingerprint density at radius 3 is 2.56 bits per heavy atom. The van der Waals surface area contributed by atoms with Crippen LogP contribution < -0.4 is 5.32 Å². The van der Waals surface area contributed by atoms with Crippen molar-refractivity contribution in [2.24, 2.45) is 0 Å². The van der Waals surface area contributed by atoms with Crippen LogP contribution in [0.3, 0.4) is 0 Å². The van der Waals surface area contributed by atoms with E-state index < -0.39 is 26.3 Å². The van der Waals surface area contributed by atoms with Crippen LogP contribution in [0.2, 0.25) is 0 Å². The van der Waals surface area contributed by atoms with Gasteiger partial charge in [0.2, 0.25) is 0 Å². The highest BCUT2D eigenvalue weighted by Gasteiger charge is 2.39. The van der Waals surface area contributed by atoms with Gasteiger partial charge in [0.15, 0.2) is 9.84 Å². The molecule has 0 bridgehead atoms. The molecule has 3 rings (SSSR count). The Balaban J connectivity index is 1.84. The van der Waals surface area contributed by atoms with E-state index in [1.807, 2.05) is 19.9 Å². The average Bonchev–Trinajstić information content (AvgIpc) is 3.47. The van der Waals surface area contributed by atoms with Crippen LogP contribution in [0.25, 0.3) is 5.70 Å². The second-order valence-corrected chi connectivity index (χ2v) is 11.7. The molecule has 1 aromatic carbocycles. The van der Waals surface area contributed by atoms with Crippen molar-refractivity contribution in [2.45, 2.75) is 71.0 Å². The van der Waals surface area contributed by atoms with Gasteiger partial charge in [0.05, 0.1) is 11.4 Å². The third-order valence-electron chi connectivity index (χ3n) is 6.01. The zero-order chi connectivity index (χ0) is 23.7. The van der Waals surface area contributed by atoms with Crippen LogP contribution in [0.5, 0.6) is 0 Å². The number of benzene rings is 1. The number of rotatable bonds is 10. The molecule has 2 aromatic rings. The van der Waals surface area contributed by atoms with Crippen molar-refractivity contribution in [3.8, 4) is 0 Å². The molecule has 1 aromatic heterocycles. The van der Waals surface area contributed by atoms with E-state index in [2.05, 4.69) is 10.5 Å². The Bertz CT molecular complexity index is 1140. The monoisotopic (exact) mass is 461 g/mol. The van der Waals surface area contributed by atoms with Crippen molar-refractivity contribution in [1.82, 2.24) is 5.16 Å². The van der Waals surface area contributed by atoms with Gasteiger partial charge in [0.25, 0.3) is 0 Å². The van der Waals surface area contributed by atoms with E-state index in [9.17, 15) is 12.8 Å². The predicted molar refractivity (Wildman–Crippen MR) is 126 cm³/mol. The predicted octanol–water partition coefficient (Wildman–Crippen LogP) is 5.86. The summed E-state index contributed by atoms with van der Waals surface area (Å²) >= 11 is 0. The maximum absolute atomic E-state index is 14.7. The van der Waals surface area contributed by atoms with Crippen LogP contribution in [0.4, 0.5) is 10.1 Å². The van der Waals surface area contributed by atoms with Crippen LogP contribution in [0, 0.1) is 18.2 Å². The Morgan fingerprint density at radius 1 is 1.31 bits per heavy atom. The third kappa shape index (κ3) is 5.11.